The summed E-state index contributed by atoms with van der Waals surface area (Å²) in [5.41, 5.74) is 3.14. The van der Waals surface area contributed by atoms with E-state index < -0.39 is 0 Å². The molecule has 0 fully saturated rings. The molecule has 0 saturated carbocycles. The zero-order valence-electron chi connectivity index (χ0n) is 11.8. The molecule has 0 aromatic heterocycles. The molecule has 4 nitrogen and oxygen atoms in total. The third-order valence-electron chi connectivity index (χ3n) is 3.35. The van der Waals surface area contributed by atoms with Gasteiger partial charge in [0.25, 0.3) is 0 Å². The molecule has 0 saturated heterocycles. The number of methoxy groups -OCH3 is 2. The Labute approximate surface area is 143 Å². The smallest absolute Gasteiger partial charge is 0.162 e. The highest BCUT2D eigenvalue weighted by molar-refractivity contribution is 7.81. The predicted octanol–water partition coefficient (Wildman–Crippen LogP) is 4.86. The summed E-state index contributed by atoms with van der Waals surface area (Å²) in [6.45, 7) is 0. The SMILES string of the molecule is COc1cc2c(cc1OC)C(=S)Nc1cc(Cl)c(Cl)cc1N2. The van der Waals surface area contributed by atoms with Gasteiger partial charge in [-0.25, -0.2) is 0 Å². The van der Waals surface area contributed by atoms with E-state index in [0.29, 0.717) is 26.5 Å². The zero-order chi connectivity index (χ0) is 15.9. The van der Waals surface area contributed by atoms with Crippen molar-refractivity contribution in [3.63, 3.8) is 0 Å². The first-order chi connectivity index (χ1) is 10.5. The highest BCUT2D eigenvalue weighted by atomic mass is 35.5. The maximum atomic E-state index is 6.09. The quantitative estimate of drug-likeness (QED) is 0.754. The molecule has 2 aromatic rings. The molecule has 0 unspecified atom stereocenters. The Morgan fingerprint density at radius 2 is 1.36 bits per heavy atom. The van der Waals surface area contributed by atoms with Gasteiger partial charge in [-0.1, -0.05) is 35.4 Å². The minimum Gasteiger partial charge on any atom is -0.493 e. The number of hydrogen-bond donors (Lipinski definition) is 2. The zero-order valence-corrected chi connectivity index (χ0v) is 14.1. The van der Waals surface area contributed by atoms with Gasteiger partial charge in [0, 0.05) is 11.6 Å². The van der Waals surface area contributed by atoms with Gasteiger partial charge in [0.2, 0.25) is 0 Å². The summed E-state index contributed by atoms with van der Waals surface area (Å²) in [6.07, 6.45) is 0. The minimum atomic E-state index is 0.457. The molecule has 3 rings (SSSR count). The summed E-state index contributed by atoms with van der Waals surface area (Å²) in [6, 6.07) is 7.14. The van der Waals surface area contributed by atoms with Crippen molar-refractivity contribution in [1.29, 1.82) is 0 Å². The van der Waals surface area contributed by atoms with E-state index in [-0.39, 0.29) is 0 Å². The van der Waals surface area contributed by atoms with E-state index in [1.165, 1.54) is 0 Å². The molecule has 1 aliphatic rings. The van der Waals surface area contributed by atoms with E-state index in [4.69, 9.17) is 44.9 Å². The lowest BCUT2D eigenvalue weighted by Gasteiger charge is -2.14. The van der Waals surface area contributed by atoms with Gasteiger partial charge < -0.3 is 20.1 Å². The van der Waals surface area contributed by atoms with Gasteiger partial charge in [-0.3, -0.25) is 0 Å². The molecule has 1 heterocycles. The number of anilines is 3. The Morgan fingerprint density at radius 1 is 0.818 bits per heavy atom. The van der Waals surface area contributed by atoms with E-state index in [0.717, 1.165) is 22.6 Å². The van der Waals surface area contributed by atoms with Crippen LogP contribution in [-0.4, -0.2) is 19.2 Å². The lowest BCUT2D eigenvalue weighted by molar-refractivity contribution is 0.355. The van der Waals surface area contributed by atoms with Crippen molar-refractivity contribution in [1.82, 2.24) is 0 Å². The number of thiocarbonyl (C=S) groups is 1. The second-order valence-electron chi connectivity index (χ2n) is 4.64. The molecule has 0 amide bonds. The van der Waals surface area contributed by atoms with Gasteiger partial charge in [-0.2, -0.15) is 0 Å². The maximum absolute atomic E-state index is 6.09. The van der Waals surface area contributed by atoms with Gasteiger partial charge in [0.05, 0.1) is 41.3 Å². The maximum Gasteiger partial charge on any atom is 0.162 e. The van der Waals surface area contributed by atoms with E-state index in [2.05, 4.69) is 10.6 Å². The number of fused-ring (bicyclic) bond motifs is 2. The summed E-state index contributed by atoms with van der Waals surface area (Å²) >= 11 is 17.6. The molecular formula is C15H12Cl2N2O2S. The standard InChI is InChI=1S/C15H12Cl2N2O2S/c1-20-13-3-7-10(6-14(13)21-2)18-11-4-8(16)9(17)5-12(11)19-15(7)22/h3-6,18H,1-2H3,(H,19,22). The van der Waals surface area contributed by atoms with Crippen molar-refractivity contribution in [2.24, 2.45) is 0 Å². The topological polar surface area (TPSA) is 42.5 Å². The molecule has 1 aliphatic heterocycles. The van der Waals surface area contributed by atoms with Crippen LogP contribution in [0.4, 0.5) is 17.1 Å². The van der Waals surface area contributed by atoms with Crippen LogP contribution < -0.4 is 20.1 Å². The highest BCUT2D eigenvalue weighted by Gasteiger charge is 2.20. The van der Waals surface area contributed by atoms with Crippen molar-refractivity contribution < 1.29 is 9.47 Å². The lowest BCUT2D eigenvalue weighted by atomic mass is 10.1. The molecule has 2 aromatic carbocycles. The summed E-state index contributed by atoms with van der Waals surface area (Å²) < 4.78 is 10.7. The molecule has 0 atom stereocenters. The predicted molar refractivity (Wildman–Crippen MR) is 94.6 cm³/mol. The average molecular weight is 355 g/mol. The van der Waals surface area contributed by atoms with Crippen LogP contribution in [0, 0.1) is 0 Å². The number of benzene rings is 2. The van der Waals surface area contributed by atoms with Gasteiger partial charge >= 0.3 is 0 Å². The third kappa shape index (κ3) is 2.56. The first-order valence-corrected chi connectivity index (χ1v) is 7.53. The lowest BCUT2D eigenvalue weighted by Crippen LogP contribution is -2.09. The molecule has 22 heavy (non-hydrogen) atoms. The fourth-order valence-electron chi connectivity index (χ4n) is 2.26. The Bertz CT molecular complexity index is 781. The van der Waals surface area contributed by atoms with Crippen molar-refractivity contribution in [3.8, 4) is 11.5 Å². The summed E-state index contributed by atoms with van der Waals surface area (Å²) in [4.78, 5) is 0.556. The van der Waals surface area contributed by atoms with Crippen LogP contribution in [-0.2, 0) is 0 Å². The van der Waals surface area contributed by atoms with E-state index in [1.807, 2.05) is 12.1 Å². The second kappa shape index (κ2) is 5.83. The summed E-state index contributed by atoms with van der Waals surface area (Å²) in [7, 11) is 3.17. The largest absolute Gasteiger partial charge is 0.493 e. The van der Waals surface area contributed by atoms with Crippen LogP contribution in [0.3, 0.4) is 0 Å². The van der Waals surface area contributed by atoms with Crippen LogP contribution in [0.2, 0.25) is 10.0 Å². The Morgan fingerprint density at radius 3 is 1.95 bits per heavy atom. The molecule has 0 aliphatic carbocycles. The van der Waals surface area contributed by atoms with Gasteiger partial charge in [0.1, 0.15) is 4.99 Å². The highest BCUT2D eigenvalue weighted by Crippen LogP contribution is 2.41. The van der Waals surface area contributed by atoms with Crippen molar-refractivity contribution in [2.45, 2.75) is 0 Å². The first-order valence-electron chi connectivity index (χ1n) is 6.37. The third-order valence-corrected chi connectivity index (χ3v) is 4.39. The van der Waals surface area contributed by atoms with Crippen molar-refractivity contribution in [3.05, 3.63) is 39.9 Å². The summed E-state index contributed by atoms with van der Waals surface area (Å²) in [5.74, 6) is 1.22. The van der Waals surface area contributed by atoms with E-state index in [1.54, 1.807) is 26.4 Å². The summed E-state index contributed by atoms with van der Waals surface area (Å²) in [5, 5.41) is 7.38. The minimum absolute atomic E-state index is 0.457. The Balaban J connectivity index is 2.17. The van der Waals surface area contributed by atoms with Crippen LogP contribution in [0.1, 0.15) is 5.56 Å². The number of nitrogens with one attached hydrogen (secondary N) is 2. The van der Waals surface area contributed by atoms with Crippen LogP contribution in [0.5, 0.6) is 11.5 Å². The van der Waals surface area contributed by atoms with E-state index in [9.17, 15) is 0 Å². The molecule has 2 N–H and O–H groups in total. The van der Waals surface area contributed by atoms with Crippen LogP contribution in [0.15, 0.2) is 24.3 Å². The number of ether oxygens (including phenoxy) is 2. The van der Waals surface area contributed by atoms with Crippen molar-refractivity contribution >= 4 is 57.5 Å². The molecular weight excluding hydrogens is 343 g/mol. The molecule has 0 spiro atoms. The fourth-order valence-corrected chi connectivity index (χ4v) is 2.86. The monoisotopic (exact) mass is 354 g/mol. The van der Waals surface area contributed by atoms with Crippen LogP contribution in [0.25, 0.3) is 0 Å². The number of rotatable bonds is 2. The van der Waals surface area contributed by atoms with Gasteiger partial charge in [-0.15, -0.1) is 0 Å². The van der Waals surface area contributed by atoms with Gasteiger partial charge in [-0.05, 0) is 18.2 Å². The molecule has 7 heteroatoms. The second-order valence-corrected chi connectivity index (χ2v) is 5.87. The fraction of sp³-hybridized carbons (Fsp3) is 0.133. The number of hydrogen-bond acceptors (Lipinski definition) is 4. The molecule has 0 bridgehead atoms. The molecule has 114 valence electrons. The Hall–Kier alpha value is -1.69. The normalized spacial score (nSPS) is 12.5. The van der Waals surface area contributed by atoms with Crippen LogP contribution >= 0.6 is 35.4 Å². The first kappa shape index (κ1) is 15.2. The average Bonchev–Trinajstić information content (AvgIpc) is 2.63. The number of halogens is 2. The van der Waals surface area contributed by atoms with E-state index >= 15 is 0 Å². The van der Waals surface area contributed by atoms with Crippen molar-refractivity contribution in [2.75, 3.05) is 24.9 Å². The molecule has 0 radical (unpaired) electrons. The Kier molecular flexibility index (Phi) is 4.04. The van der Waals surface area contributed by atoms with Gasteiger partial charge in [0.15, 0.2) is 11.5 Å².